The number of hydrogen-bond acceptors (Lipinski definition) is 0. The van der Waals surface area contributed by atoms with Gasteiger partial charge in [-0.15, -0.1) is 0 Å². The Morgan fingerprint density at radius 3 is 1.16 bits per heavy atom. The summed E-state index contributed by atoms with van der Waals surface area (Å²) < 4.78 is 5.97. The molecule has 0 saturated heterocycles. The van der Waals surface area contributed by atoms with Gasteiger partial charge in [0.1, 0.15) is 0 Å². The molecular formula is C10H14Cl4CoSe4. The van der Waals surface area contributed by atoms with Crippen LogP contribution in [0.3, 0.4) is 0 Å². The Kier molecular flexibility index (Phi) is 14.3. The van der Waals surface area contributed by atoms with Crippen molar-refractivity contribution in [2.75, 3.05) is 0 Å². The summed E-state index contributed by atoms with van der Waals surface area (Å²) in [4.78, 5) is 0. The molecule has 9 heteroatoms. The van der Waals surface area contributed by atoms with Crippen molar-refractivity contribution in [1.29, 1.82) is 0 Å². The van der Waals surface area contributed by atoms with Crippen molar-refractivity contribution < 1.29 is 12.9 Å². The first-order valence-electron chi connectivity index (χ1n) is 4.87. The van der Waals surface area contributed by atoms with Crippen molar-refractivity contribution in [2.45, 2.75) is 27.7 Å². The molecule has 2 aliphatic rings. The average Bonchev–Trinajstić information content (AvgIpc) is 2.72. The summed E-state index contributed by atoms with van der Waals surface area (Å²) in [6.45, 7) is 8.65. The van der Waals surface area contributed by atoms with Crippen molar-refractivity contribution in [3.63, 3.8) is 0 Å². The zero-order chi connectivity index (χ0) is 15.0. The molecule has 2 unspecified atom stereocenters. The molecule has 2 atom stereocenters. The standard InChI is InChI=1S/2C5H7ClSe2.2ClH.Co/c2*1-4-3-5(2)8(6)7-4;;;/h2*3H,1-2H3;2*1H;/q;;;;+2/p-2. The number of rotatable bonds is 0. The Bertz CT molecular complexity index is 403. The fraction of sp³-hybridized carbons (Fsp3) is 0.400. The van der Waals surface area contributed by atoms with Gasteiger partial charge in [0.05, 0.1) is 0 Å². The van der Waals surface area contributed by atoms with Gasteiger partial charge in [0.15, 0.2) is 0 Å². The molecule has 0 spiro atoms. The fourth-order valence-corrected chi connectivity index (χ4v) is 21.3. The Morgan fingerprint density at radius 1 is 0.842 bits per heavy atom. The van der Waals surface area contributed by atoms with E-state index in [0.717, 1.165) is 0 Å². The van der Waals surface area contributed by atoms with Gasteiger partial charge < -0.3 is 0 Å². The normalized spacial score (nSPS) is 25.3. The SMILES string of the molecule is CC1=CC(C)=[Se](Cl)[Se]1.CC1=CC(C)=[Se](Cl)[Se]1.[Cl][Co][Cl]. The molecule has 0 aromatic carbocycles. The van der Waals surface area contributed by atoms with Crippen molar-refractivity contribution in [3.8, 4) is 0 Å². The molecule has 0 amide bonds. The Morgan fingerprint density at radius 2 is 1.11 bits per heavy atom. The zero-order valence-corrected chi connectivity index (χ0v) is 21.5. The molecule has 0 saturated carbocycles. The number of allylic oxidation sites excluding steroid dienone is 4. The van der Waals surface area contributed by atoms with E-state index < -0.39 is 21.5 Å². The van der Waals surface area contributed by atoms with Gasteiger partial charge in [-0.1, -0.05) is 0 Å². The van der Waals surface area contributed by atoms with Crippen LogP contribution in [0, 0.1) is 0 Å². The minimum atomic E-state index is -0.723. The molecular weight excluding hydrogens is 637 g/mol. The summed E-state index contributed by atoms with van der Waals surface area (Å²) >= 11 is 1.73. The molecule has 0 aliphatic carbocycles. The van der Waals surface area contributed by atoms with E-state index in [2.05, 4.69) is 39.8 Å². The second-order valence-corrected chi connectivity index (χ2v) is 31.5. The summed E-state index contributed by atoms with van der Waals surface area (Å²) in [6.07, 6.45) is 4.50. The van der Waals surface area contributed by atoms with Gasteiger partial charge in [-0.05, 0) is 0 Å². The first-order chi connectivity index (χ1) is 8.81. The van der Waals surface area contributed by atoms with Crippen LogP contribution < -0.4 is 0 Å². The first kappa shape index (κ1) is 22.0. The van der Waals surface area contributed by atoms with Crippen LogP contribution in [0.2, 0.25) is 0 Å². The second-order valence-electron chi connectivity index (χ2n) is 3.39. The third-order valence-corrected chi connectivity index (χ3v) is 27.1. The van der Waals surface area contributed by atoms with Crippen LogP contribution >= 0.6 is 40.5 Å². The summed E-state index contributed by atoms with van der Waals surface area (Å²) in [7, 11) is 20.1. The van der Waals surface area contributed by atoms with E-state index in [9.17, 15) is 0 Å². The van der Waals surface area contributed by atoms with Crippen molar-refractivity contribution in [1.82, 2.24) is 0 Å². The van der Waals surface area contributed by atoms with E-state index in [1.54, 1.807) is 0 Å². The fourth-order valence-electron chi connectivity index (χ4n) is 1.08. The molecule has 0 fully saturated rings. The van der Waals surface area contributed by atoms with E-state index in [-0.39, 0.29) is 0 Å². The molecule has 2 rings (SSSR count). The topological polar surface area (TPSA) is 0 Å². The van der Waals surface area contributed by atoms with Gasteiger partial charge in [-0.2, -0.15) is 0 Å². The first-order valence-corrected chi connectivity index (χ1v) is 24.3. The predicted molar refractivity (Wildman–Crippen MR) is 95.3 cm³/mol. The van der Waals surface area contributed by atoms with Crippen molar-refractivity contribution >= 4 is 97.0 Å². The van der Waals surface area contributed by atoms with Gasteiger partial charge in [-0.3, -0.25) is 0 Å². The Labute approximate surface area is 156 Å². The predicted octanol–water partition coefficient (Wildman–Crippen LogP) is 3.59. The Balaban J connectivity index is 0.000000284. The maximum atomic E-state index is 6.02. The third kappa shape index (κ3) is 10.4. The van der Waals surface area contributed by atoms with E-state index >= 15 is 0 Å². The van der Waals surface area contributed by atoms with Crippen LogP contribution in [0.15, 0.2) is 21.1 Å². The molecule has 0 N–H and O–H groups in total. The monoisotopic (exact) mass is 653 g/mol. The van der Waals surface area contributed by atoms with Gasteiger partial charge in [-0.25, -0.2) is 0 Å². The molecule has 115 valence electrons. The van der Waals surface area contributed by atoms with E-state index in [0.29, 0.717) is 39.2 Å². The van der Waals surface area contributed by atoms with Gasteiger partial charge in [0.2, 0.25) is 0 Å². The average molecular weight is 651 g/mol. The molecule has 0 aromatic rings. The van der Waals surface area contributed by atoms with Crippen LogP contribution in [0.4, 0.5) is 0 Å². The molecule has 2 heterocycles. The summed E-state index contributed by atoms with van der Waals surface area (Å²) in [6, 6.07) is 0. The number of hydrogen-bond donors (Lipinski definition) is 0. The van der Waals surface area contributed by atoms with Crippen LogP contribution in [-0.2, 0) is 12.9 Å². The maximum absolute atomic E-state index is 6.02. The summed E-state index contributed by atoms with van der Waals surface area (Å²) in [5.74, 6) is 0. The zero-order valence-electron chi connectivity index (χ0n) is 10.6. The van der Waals surface area contributed by atoms with E-state index in [1.165, 1.54) is 17.8 Å². The van der Waals surface area contributed by atoms with E-state index in [1.807, 2.05) is 0 Å². The second kappa shape index (κ2) is 12.4. The summed E-state index contributed by atoms with van der Waals surface area (Å²) in [5.41, 5.74) is 0. The third-order valence-electron chi connectivity index (χ3n) is 1.73. The summed E-state index contributed by atoms with van der Waals surface area (Å²) in [5, 5.41) is 0. The van der Waals surface area contributed by atoms with Crippen molar-refractivity contribution in [2.24, 2.45) is 0 Å². The molecule has 0 nitrogen and oxygen atoms in total. The van der Waals surface area contributed by atoms with Crippen LogP contribution in [0.5, 0.6) is 0 Å². The van der Waals surface area contributed by atoms with Gasteiger partial charge in [0, 0.05) is 0 Å². The van der Waals surface area contributed by atoms with Crippen LogP contribution in [-0.4, -0.2) is 56.6 Å². The van der Waals surface area contributed by atoms with E-state index in [4.69, 9.17) is 40.5 Å². The molecule has 0 aromatic heterocycles. The van der Waals surface area contributed by atoms with Crippen molar-refractivity contribution in [3.05, 3.63) is 21.1 Å². The van der Waals surface area contributed by atoms with Crippen LogP contribution in [0.25, 0.3) is 0 Å². The van der Waals surface area contributed by atoms with Gasteiger partial charge >= 0.3 is 159 Å². The van der Waals surface area contributed by atoms with Crippen LogP contribution in [0.1, 0.15) is 27.7 Å². The van der Waals surface area contributed by atoms with Gasteiger partial charge in [0.25, 0.3) is 0 Å². The minimum absolute atomic E-state index is 0.382. The molecule has 0 bridgehead atoms. The molecule has 19 heavy (non-hydrogen) atoms. The quantitative estimate of drug-likeness (QED) is 0.352. The molecule has 0 radical (unpaired) electrons. The Hall–Kier alpha value is 2.96. The number of halogens is 4. The molecule has 2 aliphatic heterocycles.